The fourth-order valence-corrected chi connectivity index (χ4v) is 4.76. The van der Waals surface area contributed by atoms with Crippen molar-refractivity contribution in [2.24, 2.45) is 0 Å². The summed E-state index contributed by atoms with van der Waals surface area (Å²) >= 11 is 0. The molecule has 2 aromatic rings. The van der Waals surface area contributed by atoms with Crippen molar-refractivity contribution in [3.63, 3.8) is 0 Å². The molecular weight excluding hydrogens is 308 g/mol. The standard InChI is InChI=1S/C22H26N2O/c1-15-7-6-8-16(2)19(15)21(25)23-20(17-9-4-3-5-10-17)22-13-11-18(24-22)12-14-22/h3-10,18,20,24H,11-14H2,1-2H3,(H,23,25)/t18?,20-,22?/m1/s1. The van der Waals surface area contributed by atoms with Crippen LogP contribution in [0.4, 0.5) is 0 Å². The third-order valence-corrected chi connectivity index (χ3v) is 6.04. The van der Waals surface area contributed by atoms with E-state index in [1.54, 1.807) is 0 Å². The van der Waals surface area contributed by atoms with E-state index in [9.17, 15) is 4.79 Å². The number of nitrogens with one attached hydrogen (secondary N) is 2. The Hall–Kier alpha value is -2.13. The highest BCUT2D eigenvalue weighted by atomic mass is 16.1. The molecule has 130 valence electrons. The minimum Gasteiger partial charge on any atom is -0.343 e. The van der Waals surface area contributed by atoms with Crippen LogP contribution in [-0.4, -0.2) is 17.5 Å². The first-order valence-electron chi connectivity index (χ1n) is 9.29. The van der Waals surface area contributed by atoms with Crippen molar-refractivity contribution in [3.8, 4) is 0 Å². The Labute approximate surface area is 149 Å². The second kappa shape index (κ2) is 6.30. The monoisotopic (exact) mass is 334 g/mol. The normalized spacial score (nSPS) is 25.8. The molecule has 25 heavy (non-hydrogen) atoms. The van der Waals surface area contributed by atoms with Gasteiger partial charge in [-0.3, -0.25) is 4.79 Å². The lowest BCUT2D eigenvalue weighted by molar-refractivity contribution is 0.0906. The largest absolute Gasteiger partial charge is 0.343 e. The van der Waals surface area contributed by atoms with Crippen LogP contribution in [0.1, 0.15) is 58.8 Å². The minimum atomic E-state index is -0.00172. The van der Waals surface area contributed by atoms with Gasteiger partial charge in [0, 0.05) is 17.1 Å². The maximum Gasteiger partial charge on any atom is 0.252 e. The molecule has 2 aliphatic rings. The van der Waals surface area contributed by atoms with Crippen LogP contribution in [0.2, 0.25) is 0 Å². The molecule has 2 aliphatic heterocycles. The van der Waals surface area contributed by atoms with Gasteiger partial charge in [0.2, 0.25) is 0 Å². The number of carbonyl (C=O) groups is 1. The van der Waals surface area contributed by atoms with Crippen LogP contribution in [0.5, 0.6) is 0 Å². The second-order valence-corrected chi connectivity index (χ2v) is 7.66. The summed E-state index contributed by atoms with van der Waals surface area (Å²) in [7, 11) is 0. The number of hydrogen-bond donors (Lipinski definition) is 2. The molecule has 0 spiro atoms. The van der Waals surface area contributed by atoms with Gasteiger partial charge >= 0.3 is 0 Å². The Kier molecular flexibility index (Phi) is 4.12. The van der Waals surface area contributed by atoms with Crippen molar-refractivity contribution in [1.82, 2.24) is 10.6 Å². The predicted octanol–water partition coefficient (Wildman–Crippen LogP) is 4.06. The van der Waals surface area contributed by atoms with E-state index in [2.05, 4.69) is 34.9 Å². The Balaban J connectivity index is 1.69. The van der Waals surface area contributed by atoms with E-state index < -0.39 is 0 Å². The highest BCUT2D eigenvalue weighted by Gasteiger charge is 2.50. The first-order chi connectivity index (χ1) is 12.1. The van der Waals surface area contributed by atoms with Crippen LogP contribution >= 0.6 is 0 Å². The molecule has 2 fully saturated rings. The molecular formula is C22H26N2O. The zero-order valence-electron chi connectivity index (χ0n) is 15.0. The van der Waals surface area contributed by atoms with Gasteiger partial charge in [0.1, 0.15) is 0 Å². The molecule has 0 aliphatic carbocycles. The number of amides is 1. The molecule has 0 saturated carbocycles. The highest BCUT2D eigenvalue weighted by Crippen LogP contribution is 2.45. The average molecular weight is 334 g/mol. The number of rotatable bonds is 4. The zero-order chi connectivity index (χ0) is 17.4. The number of carbonyl (C=O) groups excluding carboxylic acids is 1. The molecule has 2 heterocycles. The van der Waals surface area contributed by atoms with E-state index in [1.165, 1.54) is 18.4 Å². The molecule has 0 radical (unpaired) electrons. The zero-order valence-corrected chi connectivity index (χ0v) is 15.0. The van der Waals surface area contributed by atoms with Crippen LogP contribution in [-0.2, 0) is 0 Å². The summed E-state index contributed by atoms with van der Waals surface area (Å²) in [4.78, 5) is 13.2. The molecule has 4 rings (SSSR count). The van der Waals surface area contributed by atoms with E-state index in [0.29, 0.717) is 6.04 Å². The van der Waals surface area contributed by atoms with Crippen molar-refractivity contribution in [2.75, 3.05) is 0 Å². The van der Waals surface area contributed by atoms with Crippen LogP contribution in [0.25, 0.3) is 0 Å². The van der Waals surface area contributed by atoms with Crippen molar-refractivity contribution in [2.45, 2.75) is 57.2 Å². The van der Waals surface area contributed by atoms with E-state index in [0.717, 1.165) is 29.5 Å². The molecule has 1 atom stereocenters. The molecule has 2 bridgehead atoms. The molecule has 1 amide bonds. The number of aryl methyl sites for hydroxylation is 2. The molecule has 0 aromatic heterocycles. The lowest BCUT2D eigenvalue weighted by Gasteiger charge is -2.37. The Morgan fingerprint density at radius 3 is 2.24 bits per heavy atom. The van der Waals surface area contributed by atoms with Gasteiger partial charge in [-0.1, -0.05) is 48.5 Å². The van der Waals surface area contributed by atoms with Gasteiger partial charge in [0.25, 0.3) is 5.91 Å². The molecule has 3 heteroatoms. The fourth-order valence-electron chi connectivity index (χ4n) is 4.76. The quantitative estimate of drug-likeness (QED) is 0.885. The summed E-state index contributed by atoms with van der Waals surface area (Å²) in [6.45, 7) is 4.02. The summed E-state index contributed by atoms with van der Waals surface area (Å²) in [5.74, 6) is 0.0379. The van der Waals surface area contributed by atoms with Crippen molar-refractivity contribution in [3.05, 3.63) is 70.8 Å². The predicted molar refractivity (Wildman–Crippen MR) is 101 cm³/mol. The van der Waals surface area contributed by atoms with Crippen LogP contribution in [0.15, 0.2) is 48.5 Å². The van der Waals surface area contributed by atoms with Gasteiger partial charge in [-0.15, -0.1) is 0 Å². The highest BCUT2D eigenvalue weighted by molar-refractivity contribution is 5.97. The van der Waals surface area contributed by atoms with Crippen LogP contribution in [0.3, 0.4) is 0 Å². The topological polar surface area (TPSA) is 41.1 Å². The molecule has 2 saturated heterocycles. The Morgan fingerprint density at radius 2 is 1.68 bits per heavy atom. The smallest absolute Gasteiger partial charge is 0.252 e. The number of hydrogen-bond acceptors (Lipinski definition) is 2. The lowest BCUT2D eigenvalue weighted by Crippen LogP contribution is -2.50. The molecule has 2 N–H and O–H groups in total. The number of benzene rings is 2. The summed E-state index contributed by atoms with van der Waals surface area (Å²) in [5, 5.41) is 7.20. The molecule has 3 nitrogen and oxygen atoms in total. The lowest BCUT2D eigenvalue weighted by atomic mass is 9.78. The van der Waals surface area contributed by atoms with Gasteiger partial charge in [0.05, 0.1) is 6.04 Å². The third kappa shape index (κ3) is 2.87. The van der Waals surface area contributed by atoms with Crippen molar-refractivity contribution in [1.29, 1.82) is 0 Å². The minimum absolute atomic E-state index is 0.00172. The molecule has 2 aromatic carbocycles. The van der Waals surface area contributed by atoms with Gasteiger partial charge in [-0.2, -0.15) is 0 Å². The SMILES string of the molecule is Cc1cccc(C)c1C(=O)N[C@H](c1ccccc1)C12CCC(CC1)N2. The Morgan fingerprint density at radius 1 is 1.04 bits per heavy atom. The maximum atomic E-state index is 13.2. The van der Waals surface area contributed by atoms with Crippen molar-refractivity contribution < 1.29 is 4.79 Å². The summed E-state index contributed by atoms with van der Waals surface area (Å²) < 4.78 is 0. The fraction of sp³-hybridized carbons (Fsp3) is 0.409. The van der Waals surface area contributed by atoms with Crippen LogP contribution in [0, 0.1) is 13.8 Å². The summed E-state index contributed by atoms with van der Waals surface area (Å²) in [6.07, 6.45) is 4.68. The summed E-state index contributed by atoms with van der Waals surface area (Å²) in [5.41, 5.74) is 4.07. The van der Waals surface area contributed by atoms with Gasteiger partial charge in [-0.25, -0.2) is 0 Å². The third-order valence-electron chi connectivity index (χ3n) is 6.04. The number of fused-ring (bicyclic) bond motifs is 2. The maximum absolute atomic E-state index is 13.2. The first kappa shape index (κ1) is 16.3. The van der Waals surface area contributed by atoms with Crippen LogP contribution < -0.4 is 10.6 Å². The second-order valence-electron chi connectivity index (χ2n) is 7.66. The summed E-state index contributed by atoms with van der Waals surface area (Å²) in [6, 6.07) is 17.1. The Bertz CT molecular complexity index is 756. The average Bonchev–Trinajstić information content (AvgIpc) is 3.22. The molecule has 0 unspecified atom stereocenters. The van der Waals surface area contributed by atoms with Gasteiger partial charge < -0.3 is 10.6 Å². The van der Waals surface area contributed by atoms with Gasteiger partial charge in [-0.05, 0) is 56.2 Å². The first-order valence-corrected chi connectivity index (χ1v) is 9.29. The van der Waals surface area contributed by atoms with Gasteiger partial charge in [0.15, 0.2) is 0 Å². The van der Waals surface area contributed by atoms with E-state index in [1.807, 2.05) is 38.1 Å². The van der Waals surface area contributed by atoms with E-state index in [4.69, 9.17) is 0 Å². The van der Waals surface area contributed by atoms with E-state index >= 15 is 0 Å². The van der Waals surface area contributed by atoms with E-state index in [-0.39, 0.29) is 17.5 Å². The van der Waals surface area contributed by atoms with Crippen molar-refractivity contribution >= 4 is 5.91 Å².